The lowest BCUT2D eigenvalue weighted by Gasteiger charge is -1.95. The number of rotatable bonds is 0. The smallest absolute Gasteiger partial charge is 0.336 e. The quantitative estimate of drug-likeness (QED) is 0.444. The Morgan fingerprint density at radius 3 is 2.62 bits per heavy atom. The first kappa shape index (κ1) is 5.31. The van der Waals surface area contributed by atoms with Crippen molar-refractivity contribution in [2.24, 2.45) is 0 Å². The number of hydrogen-bond acceptors (Lipinski definition) is 3. The third-order valence-corrected chi connectivity index (χ3v) is 0.942. The van der Waals surface area contributed by atoms with Crippen molar-refractivity contribution < 1.29 is 14.6 Å². The van der Waals surface area contributed by atoms with Gasteiger partial charge in [0.2, 0.25) is 6.29 Å². The van der Waals surface area contributed by atoms with Gasteiger partial charge in [0.25, 0.3) is 0 Å². The van der Waals surface area contributed by atoms with Crippen molar-refractivity contribution in [2.75, 3.05) is 0 Å². The zero-order valence-electron chi connectivity index (χ0n) is 4.42. The largest absolute Gasteiger partial charge is 0.429 e. The van der Waals surface area contributed by atoms with Crippen LogP contribution in [0.2, 0.25) is 0 Å². The highest BCUT2D eigenvalue weighted by atomic mass is 16.6. The summed E-state index contributed by atoms with van der Waals surface area (Å²) in [5.74, 6) is -0.433. The first-order valence-electron chi connectivity index (χ1n) is 2.27. The number of aliphatic hydroxyl groups excluding tert-OH is 1. The molecule has 0 bridgehead atoms. The van der Waals surface area contributed by atoms with Crippen molar-refractivity contribution in [3.63, 3.8) is 0 Å². The Balaban J connectivity index is 2.73. The van der Waals surface area contributed by atoms with Crippen molar-refractivity contribution in [1.82, 2.24) is 0 Å². The van der Waals surface area contributed by atoms with Gasteiger partial charge in [-0.1, -0.05) is 0 Å². The summed E-state index contributed by atoms with van der Waals surface area (Å²) >= 11 is 0. The number of esters is 1. The minimum absolute atomic E-state index is 0.433. The fourth-order valence-electron chi connectivity index (χ4n) is 0.519. The molecule has 1 unspecified atom stereocenters. The normalized spacial score (nSPS) is 27.5. The molecule has 1 heterocycles. The molecule has 1 rings (SSSR count). The van der Waals surface area contributed by atoms with Crippen LogP contribution in [0.15, 0.2) is 11.6 Å². The van der Waals surface area contributed by atoms with Gasteiger partial charge in [-0.3, -0.25) is 0 Å². The Morgan fingerprint density at radius 2 is 2.50 bits per heavy atom. The van der Waals surface area contributed by atoms with Crippen LogP contribution in [0.1, 0.15) is 6.92 Å². The fraction of sp³-hybridized carbons (Fsp3) is 0.400. The van der Waals surface area contributed by atoms with Gasteiger partial charge >= 0.3 is 5.97 Å². The van der Waals surface area contributed by atoms with Crippen molar-refractivity contribution in [2.45, 2.75) is 13.2 Å². The van der Waals surface area contributed by atoms with Crippen molar-refractivity contribution in [1.29, 1.82) is 0 Å². The number of hydrogen-bond donors (Lipinski definition) is 1. The van der Waals surface area contributed by atoms with Crippen LogP contribution in [0.5, 0.6) is 0 Å². The van der Waals surface area contributed by atoms with Crippen molar-refractivity contribution >= 4 is 5.97 Å². The monoisotopic (exact) mass is 114 g/mol. The average molecular weight is 114 g/mol. The molecule has 1 N–H and O–H groups in total. The third kappa shape index (κ3) is 0.721. The number of cyclic esters (lactones) is 1. The first-order valence-corrected chi connectivity index (χ1v) is 2.27. The molecule has 44 valence electrons. The summed E-state index contributed by atoms with van der Waals surface area (Å²) < 4.78 is 4.30. The summed E-state index contributed by atoms with van der Waals surface area (Å²) in [5, 5.41) is 8.55. The van der Waals surface area contributed by atoms with Crippen molar-refractivity contribution in [3.05, 3.63) is 11.6 Å². The van der Waals surface area contributed by atoms with Gasteiger partial charge in [-0.2, -0.15) is 0 Å². The molecule has 0 radical (unpaired) electrons. The van der Waals surface area contributed by atoms with Gasteiger partial charge in [-0.25, -0.2) is 4.79 Å². The van der Waals surface area contributed by atoms with Crippen molar-refractivity contribution in [3.8, 4) is 0 Å². The van der Waals surface area contributed by atoms with E-state index in [4.69, 9.17) is 5.11 Å². The fourth-order valence-corrected chi connectivity index (χ4v) is 0.519. The zero-order chi connectivity index (χ0) is 6.15. The maximum absolute atomic E-state index is 10.3. The average Bonchev–Trinajstić information content (AvgIpc) is 1.85. The van der Waals surface area contributed by atoms with E-state index in [2.05, 4.69) is 4.74 Å². The van der Waals surface area contributed by atoms with E-state index in [9.17, 15) is 4.79 Å². The van der Waals surface area contributed by atoms with E-state index in [1.54, 1.807) is 6.92 Å². The van der Waals surface area contributed by atoms with Crippen LogP contribution in [0.25, 0.3) is 0 Å². The Hall–Kier alpha value is -0.830. The molecule has 0 spiro atoms. The molecule has 3 heteroatoms. The summed E-state index contributed by atoms with van der Waals surface area (Å²) in [6.45, 7) is 1.60. The minimum atomic E-state index is -1.01. The molecule has 0 fully saturated rings. The van der Waals surface area contributed by atoms with E-state index in [1.165, 1.54) is 6.08 Å². The zero-order valence-corrected chi connectivity index (χ0v) is 4.42. The highest BCUT2D eigenvalue weighted by Crippen LogP contribution is 2.09. The van der Waals surface area contributed by atoms with E-state index < -0.39 is 12.3 Å². The van der Waals surface area contributed by atoms with Gasteiger partial charge < -0.3 is 9.84 Å². The molecule has 0 aromatic carbocycles. The van der Waals surface area contributed by atoms with Gasteiger partial charge in [0.15, 0.2) is 0 Å². The van der Waals surface area contributed by atoms with Crippen LogP contribution < -0.4 is 0 Å². The highest BCUT2D eigenvalue weighted by Gasteiger charge is 2.18. The number of carbonyl (C=O) groups excluding carboxylic acids is 1. The second kappa shape index (κ2) is 1.59. The maximum atomic E-state index is 10.3. The Labute approximate surface area is 46.6 Å². The molecule has 0 aliphatic carbocycles. The lowest BCUT2D eigenvalue weighted by atomic mass is 10.3. The Morgan fingerprint density at radius 1 is 1.88 bits per heavy atom. The van der Waals surface area contributed by atoms with E-state index in [0.29, 0.717) is 5.57 Å². The second-order valence-corrected chi connectivity index (χ2v) is 1.65. The van der Waals surface area contributed by atoms with Crippen LogP contribution in [0.3, 0.4) is 0 Å². The summed E-state index contributed by atoms with van der Waals surface area (Å²) in [7, 11) is 0. The molecular formula is C5H6O3. The molecule has 1 atom stereocenters. The highest BCUT2D eigenvalue weighted by molar-refractivity contribution is 5.89. The van der Waals surface area contributed by atoms with Gasteiger partial charge in [0.1, 0.15) is 0 Å². The number of ether oxygens (including phenoxy) is 1. The number of carbonyl (C=O) groups is 1. The summed E-state index contributed by atoms with van der Waals surface area (Å²) in [5.41, 5.74) is 0.470. The molecule has 0 saturated carbocycles. The summed E-state index contributed by atoms with van der Waals surface area (Å²) in [6.07, 6.45) is 0.352. The van der Waals surface area contributed by atoms with Crippen LogP contribution in [-0.4, -0.2) is 17.4 Å². The van der Waals surface area contributed by atoms with E-state index in [0.717, 1.165) is 0 Å². The molecule has 0 aromatic rings. The molecular weight excluding hydrogens is 108 g/mol. The Bertz CT molecular complexity index is 148. The predicted molar refractivity (Wildman–Crippen MR) is 25.9 cm³/mol. The number of aliphatic hydroxyl groups is 1. The molecule has 0 amide bonds. The van der Waals surface area contributed by atoms with E-state index >= 15 is 0 Å². The van der Waals surface area contributed by atoms with E-state index in [1.807, 2.05) is 0 Å². The van der Waals surface area contributed by atoms with E-state index in [-0.39, 0.29) is 0 Å². The van der Waals surface area contributed by atoms with Crippen LogP contribution >= 0.6 is 0 Å². The van der Waals surface area contributed by atoms with Crippen LogP contribution in [0.4, 0.5) is 0 Å². The van der Waals surface area contributed by atoms with Gasteiger partial charge in [-0.05, 0) is 13.0 Å². The van der Waals surface area contributed by atoms with Crippen LogP contribution in [0, 0.1) is 0 Å². The molecule has 8 heavy (non-hydrogen) atoms. The molecule has 0 aromatic heterocycles. The second-order valence-electron chi connectivity index (χ2n) is 1.65. The van der Waals surface area contributed by atoms with Gasteiger partial charge in [0.05, 0.1) is 0 Å². The topological polar surface area (TPSA) is 46.5 Å². The molecule has 1 aliphatic rings. The molecule has 3 nitrogen and oxygen atoms in total. The van der Waals surface area contributed by atoms with Crippen LogP contribution in [-0.2, 0) is 9.53 Å². The Kier molecular flexibility index (Phi) is 1.06. The summed E-state index contributed by atoms with van der Waals surface area (Å²) in [4.78, 5) is 10.3. The summed E-state index contributed by atoms with van der Waals surface area (Å²) in [6, 6.07) is 0. The predicted octanol–water partition coefficient (Wildman–Crippen LogP) is -0.192. The third-order valence-electron chi connectivity index (χ3n) is 0.942. The minimum Gasteiger partial charge on any atom is -0.429 e. The maximum Gasteiger partial charge on any atom is 0.336 e. The lowest BCUT2D eigenvalue weighted by Crippen LogP contribution is -2.05. The van der Waals surface area contributed by atoms with Gasteiger partial charge in [-0.15, -0.1) is 0 Å². The van der Waals surface area contributed by atoms with Gasteiger partial charge in [0, 0.05) is 5.57 Å². The molecule has 1 aliphatic heterocycles. The SMILES string of the molecule is CC1=CC(O)OC1=O. The molecule has 0 saturated heterocycles. The standard InChI is InChI=1S/C5H6O3/c1-3-2-4(6)8-5(3)7/h2,4,6H,1H3. The first-order chi connectivity index (χ1) is 3.70. The lowest BCUT2D eigenvalue weighted by molar-refractivity contribution is -0.151.